The molecule has 2 N–H and O–H groups in total. The van der Waals surface area contributed by atoms with E-state index in [1.165, 1.54) is 31.7 Å². The van der Waals surface area contributed by atoms with Gasteiger partial charge in [0.25, 0.3) is 0 Å². The molecule has 2 fully saturated rings. The number of thioether (sulfide) groups is 1. The molecule has 2 aliphatic rings. The lowest BCUT2D eigenvalue weighted by Gasteiger charge is -2.29. The molecule has 0 amide bonds. The molecule has 0 aliphatic heterocycles. The second kappa shape index (κ2) is 5.22. The van der Waals surface area contributed by atoms with E-state index in [0.717, 1.165) is 22.6 Å². The second-order valence-electron chi connectivity index (χ2n) is 5.69. The number of hydrogen-bond acceptors (Lipinski definition) is 2. The highest BCUT2D eigenvalue weighted by Gasteiger charge is 2.42. The van der Waals surface area contributed by atoms with Crippen LogP contribution >= 0.6 is 11.8 Å². The fourth-order valence-corrected chi connectivity index (χ4v) is 5.07. The van der Waals surface area contributed by atoms with Crippen LogP contribution < -0.4 is 5.73 Å². The summed E-state index contributed by atoms with van der Waals surface area (Å²) in [6, 6.07) is 6.90. The average Bonchev–Trinajstić information content (AvgIpc) is 2.98. The third-order valence-corrected chi connectivity index (χ3v) is 5.96. The molecule has 1 nitrogen and oxygen atoms in total. The van der Waals surface area contributed by atoms with Crippen LogP contribution in [0.4, 0.5) is 4.39 Å². The fraction of sp³-hybridized carbons (Fsp3) is 0.600. The maximum Gasteiger partial charge on any atom is 0.124 e. The Labute approximate surface area is 112 Å². The number of halogens is 1. The van der Waals surface area contributed by atoms with Crippen LogP contribution in [0.5, 0.6) is 0 Å². The van der Waals surface area contributed by atoms with Crippen LogP contribution in [0.25, 0.3) is 0 Å². The van der Waals surface area contributed by atoms with E-state index in [1.807, 2.05) is 6.07 Å². The van der Waals surface area contributed by atoms with Crippen LogP contribution in [0.2, 0.25) is 0 Å². The molecule has 4 atom stereocenters. The molecule has 1 aromatic rings. The van der Waals surface area contributed by atoms with Crippen molar-refractivity contribution in [1.82, 2.24) is 0 Å². The summed E-state index contributed by atoms with van der Waals surface area (Å²) in [4.78, 5) is 1.02. The summed E-state index contributed by atoms with van der Waals surface area (Å²) in [5.74, 6) is 2.43. The predicted molar refractivity (Wildman–Crippen MR) is 74.0 cm³/mol. The van der Waals surface area contributed by atoms with Gasteiger partial charge in [-0.15, -0.1) is 11.8 Å². The van der Waals surface area contributed by atoms with Crippen molar-refractivity contribution in [1.29, 1.82) is 0 Å². The lowest BCUT2D eigenvalue weighted by atomic mass is 9.86. The predicted octanol–water partition coefficient (Wildman–Crippen LogP) is 3.68. The van der Waals surface area contributed by atoms with E-state index in [2.05, 4.69) is 0 Å². The average molecular weight is 265 g/mol. The zero-order chi connectivity index (χ0) is 12.5. The Hall–Kier alpha value is -0.540. The van der Waals surface area contributed by atoms with E-state index in [9.17, 15) is 4.39 Å². The number of benzene rings is 1. The van der Waals surface area contributed by atoms with Gasteiger partial charge in [0.2, 0.25) is 0 Å². The molecule has 3 heteroatoms. The first-order valence-corrected chi connectivity index (χ1v) is 7.76. The largest absolute Gasteiger partial charge is 0.329 e. The van der Waals surface area contributed by atoms with Gasteiger partial charge in [-0.2, -0.15) is 0 Å². The van der Waals surface area contributed by atoms with Crippen LogP contribution in [-0.2, 0) is 0 Å². The molecule has 0 saturated heterocycles. The highest BCUT2D eigenvalue weighted by Crippen LogP contribution is 2.52. The smallest absolute Gasteiger partial charge is 0.124 e. The lowest BCUT2D eigenvalue weighted by Crippen LogP contribution is -2.30. The van der Waals surface area contributed by atoms with Crippen molar-refractivity contribution >= 4 is 11.8 Å². The molecule has 98 valence electrons. The number of nitrogens with two attached hydrogens (primary N) is 1. The monoisotopic (exact) mass is 265 g/mol. The lowest BCUT2D eigenvalue weighted by molar-refractivity contribution is 0.326. The fourth-order valence-electron chi connectivity index (χ4n) is 3.77. The normalized spacial score (nSPS) is 31.8. The topological polar surface area (TPSA) is 26.0 Å². The summed E-state index contributed by atoms with van der Waals surface area (Å²) in [6.45, 7) is 0.703. The van der Waals surface area contributed by atoms with Crippen molar-refractivity contribution in [2.45, 2.75) is 35.8 Å². The summed E-state index contributed by atoms with van der Waals surface area (Å²) >= 11 is 1.77. The van der Waals surface area contributed by atoms with E-state index in [-0.39, 0.29) is 5.82 Å². The minimum Gasteiger partial charge on any atom is -0.329 e. The van der Waals surface area contributed by atoms with Gasteiger partial charge in [-0.3, -0.25) is 0 Å². The van der Waals surface area contributed by atoms with Gasteiger partial charge in [-0.25, -0.2) is 4.39 Å². The third-order valence-electron chi connectivity index (χ3n) is 4.59. The van der Waals surface area contributed by atoms with Crippen LogP contribution in [-0.4, -0.2) is 11.8 Å². The zero-order valence-electron chi connectivity index (χ0n) is 10.5. The Morgan fingerprint density at radius 3 is 2.83 bits per heavy atom. The molecule has 0 heterocycles. The van der Waals surface area contributed by atoms with Gasteiger partial charge < -0.3 is 5.73 Å². The number of hydrogen-bond donors (Lipinski definition) is 1. The van der Waals surface area contributed by atoms with Crippen molar-refractivity contribution in [3.63, 3.8) is 0 Å². The first kappa shape index (κ1) is 12.5. The standard InChI is InChI=1S/C15H20FNS/c16-12-2-1-3-13(8-12)18-15(9-17)14-7-10-4-5-11(14)6-10/h1-3,8,10-11,14-15H,4-7,9,17H2. The summed E-state index contributed by atoms with van der Waals surface area (Å²) in [7, 11) is 0. The third kappa shape index (κ3) is 2.43. The van der Waals surface area contributed by atoms with E-state index < -0.39 is 0 Å². The first-order valence-electron chi connectivity index (χ1n) is 6.88. The molecule has 2 bridgehead atoms. The molecule has 18 heavy (non-hydrogen) atoms. The second-order valence-corrected chi connectivity index (χ2v) is 7.00. The van der Waals surface area contributed by atoms with Crippen LogP contribution in [0.3, 0.4) is 0 Å². The van der Waals surface area contributed by atoms with Crippen molar-refractivity contribution in [3.05, 3.63) is 30.1 Å². The molecule has 2 saturated carbocycles. The van der Waals surface area contributed by atoms with Gasteiger partial charge in [0.05, 0.1) is 0 Å². The minimum atomic E-state index is -0.149. The Morgan fingerprint density at radius 1 is 1.33 bits per heavy atom. The van der Waals surface area contributed by atoms with Crippen molar-refractivity contribution < 1.29 is 4.39 Å². The van der Waals surface area contributed by atoms with E-state index >= 15 is 0 Å². The molecule has 3 rings (SSSR count). The molecule has 0 spiro atoms. The molecular weight excluding hydrogens is 245 g/mol. The zero-order valence-corrected chi connectivity index (χ0v) is 11.3. The highest BCUT2D eigenvalue weighted by atomic mass is 32.2. The molecule has 1 aromatic carbocycles. The Morgan fingerprint density at radius 2 is 2.22 bits per heavy atom. The van der Waals surface area contributed by atoms with Crippen LogP contribution in [0.1, 0.15) is 25.7 Å². The van der Waals surface area contributed by atoms with E-state index in [0.29, 0.717) is 11.8 Å². The molecular formula is C15H20FNS. The quantitative estimate of drug-likeness (QED) is 0.840. The van der Waals surface area contributed by atoms with Gasteiger partial charge in [-0.05, 0) is 55.2 Å². The summed E-state index contributed by atoms with van der Waals surface area (Å²) in [6.07, 6.45) is 5.55. The van der Waals surface area contributed by atoms with Gasteiger partial charge in [0.1, 0.15) is 5.82 Å². The molecule has 0 radical (unpaired) electrons. The van der Waals surface area contributed by atoms with Crippen molar-refractivity contribution in [2.75, 3.05) is 6.54 Å². The van der Waals surface area contributed by atoms with Gasteiger partial charge >= 0.3 is 0 Å². The Kier molecular flexibility index (Phi) is 3.62. The maximum atomic E-state index is 13.2. The summed E-state index contributed by atoms with van der Waals surface area (Å²) in [5, 5.41) is 0.460. The van der Waals surface area contributed by atoms with Crippen molar-refractivity contribution in [2.24, 2.45) is 23.5 Å². The van der Waals surface area contributed by atoms with Gasteiger partial charge in [-0.1, -0.05) is 12.5 Å². The summed E-state index contributed by atoms with van der Waals surface area (Å²) in [5.41, 5.74) is 5.96. The summed E-state index contributed by atoms with van der Waals surface area (Å²) < 4.78 is 13.2. The van der Waals surface area contributed by atoms with Crippen molar-refractivity contribution in [3.8, 4) is 0 Å². The number of fused-ring (bicyclic) bond motifs is 2. The van der Waals surface area contributed by atoms with Gasteiger partial charge in [0, 0.05) is 16.7 Å². The Bertz CT molecular complexity index is 423. The van der Waals surface area contributed by atoms with Gasteiger partial charge in [0.15, 0.2) is 0 Å². The SMILES string of the molecule is NCC(Sc1cccc(F)c1)C1CC2CCC1C2. The first-order chi connectivity index (χ1) is 8.76. The minimum absolute atomic E-state index is 0.149. The van der Waals surface area contributed by atoms with E-state index in [1.54, 1.807) is 23.9 Å². The number of rotatable bonds is 4. The Balaban J connectivity index is 1.69. The molecule has 0 aromatic heterocycles. The molecule has 4 unspecified atom stereocenters. The van der Waals surface area contributed by atoms with Crippen LogP contribution in [0.15, 0.2) is 29.2 Å². The van der Waals surface area contributed by atoms with Crippen LogP contribution in [0, 0.1) is 23.6 Å². The maximum absolute atomic E-state index is 13.2. The molecule has 2 aliphatic carbocycles. The van der Waals surface area contributed by atoms with E-state index in [4.69, 9.17) is 5.73 Å². The highest BCUT2D eigenvalue weighted by molar-refractivity contribution is 8.00.